The van der Waals surface area contributed by atoms with Crippen molar-refractivity contribution in [2.24, 2.45) is 0 Å². The van der Waals surface area contributed by atoms with Crippen molar-refractivity contribution in [1.82, 2.24) is 4.90 Å². The Hall–Kier alpha value is -2.94. The molecule has 2 aliphatic rings. The number of carbonyl (C=O) groups is 2. The number of methoxy groups -OCH3 is 2. The van der Waals surface area contributed by atoms with Gasteiger partial charge in [0.25, 0.3) is 11.7 Å². The van der Waals surface area contributed by atoms with Gasteiger partial charge in [-0.15, -0.1) is 0 Å². The number of ketones is 1. The van der Waals surface area contributed by atoms with Crippen LogP contribution in [-0.2, 0) is 14.3 Å². The zero-order valence-corrected chi connectivity index (χ0v) is 21.7. The smallest absolute Gasteiger partial charge is 0.295 e. The lowest BCUT2D eigenvalue weighted by atomic mass is 9.94. The Bertz CT molecular complexity index is 1210. The first-order valence-corrected chi connectivity index (χ1v) is 12.3. The maximum Gasteiger partial charge on any atom is 0.295 e. The Kier molecular flexibility index (Phi) is 7.97. The Balaban J connectivity index is 1.91. The number of hydrogen-bond donors (Lipinski definition) is 1. The molecule has 0 bridgehead atoms. The van der Waals surface area contributed by atoms with Crippen LogP contribution in [0.2, 0.25) is 10.0 Å². The maximum absolute atomic E-state index is 13.4. The van der Waals surface area contributed by atoms with E-state index in [2.05, 4.69) is 0 Å². The van der Waals surface area contributed by atoms with Crippen molar-refractivity contribution < 1.29 is 33.6 Å². The van der Waals surface area contributed by atoms with Gasteiger partial charge in [0.2, 0.25) is 0 Å². The lowest BCUT2D eigenvalue weighted by Crippen LogP contribution is -2.36. The van der Waals surface area contributed by atoms with Crippen LogP contribution >= 0.6 is 23.2 Å². The highest BCUT2D eigenvalue weighted by Crippen LogP contribution is 2.45. The maximum atomic E-state index is 13.4. The number of aliphatic hydroxyl groups is 1. The normalized spacial score (nSPS) is 21.2. The number of amides is 1. The molecular weight excluding hydrogens is 509 g/mol. The predicted octanol–water partition coefficient (Wildman–Crippen LogP) is 5.01. The fraction of sp³-hybridized carbons (Fsp3) is 0.385. The molecule has 2 aromatic carbocycles. The third-order valence-electron chi connectivity index (χ3n) is 6.24. The van der Waals surface area contributed by atoms with E-state index in [4.69, 9.17) is 42.1 Å². The fourth-order valence-corrected chi connectivity index (χ4v) is 5.21. The summed E-state index contributed by atoms with van der Waals surface area (Å²) in [4.78, 5) is 28.1. The van der Waals surface area contributed by atoms with E-state index in [-0.39, 0.29) is 39.6 Å². The average Bonchev–Trinajstić information content (AvgIpc) is 3.46. The molecule has 2 aliphatic heterocycles. The van der Waals surface area contributed by atoms with E-state index in [9.17, 15) is 14.7 Å². The molecular formula is C26H27Cl2NO7. The first kappa shape index (κ1) is 26.1. The fourth-order valence-electron chi connectivity index (χ4n) is 4.64. The molecule has 2 atom stereocenters. The summed E-state index contributed by atoms with van der Waals surface area (Å²) in [5.41, 5.74) is 0.551. The number of likely N-dealkylation sites (tertiary alicyclic amines) is 1. The highest BCUT2D eigenvalue weighted by Gasteiger charge is 2.47. The number of aliphatic hydroxyl groups excluding tert-OH is 1. The lowest BCUT2D eigenvalue weighted by Gasteiger charge is -2.28. The van der Waals surface area contributed by atoms with Crippen LogP contribution in [0.3, 0.4) is 0 Å². The number of hydrogen-bond acceptors (Lipinski definition) is 7. The molecule has 2 saturated heterocycles. The summed E-state index contributed by atoms with van der Waals surface area (Å²) in [6, 6.07) is 7.12. The first-order valence-electron chi connectivity index (χ1n) is 11.5. The van der Waals surface area contributed by atoms with Gasteiger partial charge in [-0.2, -0.15) is 0 Å². The van der Waals surface area contributed by atoms with Crippen LogP contribution in [0.25, 0.3) is 5.76 Å². The molecule has 36 heavy (non-hydrogen) atoms. The first-order chi connectivity index (χ1) is 17.3. The molecule has 2 fully saturated rings. The van der Waals surface area contributed by atoms with Crippen LogP contribution in [0.5, 0.6) is 17.2 Å². The second kappa shape index (κ2) is 11.0. The van der Waals surface area contributed by atoms with Crippen molar-refractivity contribution in [1.29, 1.82) is 0 Å². The number of ether oxygens (including phenoxy) is 4. The summed E-state index contributed by atoms with van der Waals surface area (Å²) in [5, 5.41) is 11.8. The number of Topliss-reactive ketones (excluding diaryl/α,β-unsaturated/α-hetero) is 1. The molecule has 0 aliphatic carbocycles. The zero-order valence-electron chi connectivity index (χ0n) is 20.2. The third-order valence-corrected chi connectivity index (χ3v) is 6.73. The molecule has 0 aromatic heterocycles. The summed E-state index contributed by atoms with van der Waals surface area (Å²) < 4.78 is 22.2. The average molecular weight is 536 g/mol. The molecule has 10 heteroatoms. The Labute approximate surface area is 219 Å². The SMILES string of the molecule is CCOc1ccc(C2/C(=C(\O)c3cc(Cl)cc(Cl)c3OC)C(=O)C(=O)N2CC2CCCO2)cc1OC. The minimum absolute atomic E-state index is 0.105. The van der Waals surface area contributed by atoms with Crippen molar-refractivity contribution in [3.8, 4) is 17.2 Å². The molecule has 1 amide bonds. The van der Waals surface area contributed by atoms with Crippen LogP contribution in [0.1, 0.15) is 36.9 Å². The molecule has 8 nitrogen and oxygen atoms in total. The van der Waals surface area contributed by atoms with Gasteiger partial charge in [-0.05, 0) is 49.6 Å². The summed E-state index contributed by atoms with van der Waals surface area (Å²) >= 11 is 12.5. The minimum atomic E-state index is -0.916. The van der Waals surface area contributed by atoms with Crippen molar-refractivity contribution >= 4 is 40.7 Å². The van der Waals surface area contributed by atoms with Crippen LogP contribution in [-0.4, -0.2) is 61.8 Å². The van der Waals surface area contributed by atoms with Gasteiger partial charge in [0.15, 0.2) is 11.5 Å². The Morgan fingerprint density at radius 2 is 1.92 bits per heavy atom. The summed E-state index contributed by atoms with van der Waals surface area (Å²) in [7, 11) is 2.89. The second-order valence-electron chi connectivity index (χ2n) is 8.40. The largest absolute Gasteiger partial charge is 0.507 e. The van der Waals surface area contributed by atoms with E-state index < -0.39 is 23.5 Å². The molecule has 0 saturated carbocycles. The predicted molar refractivity (Wildman–Crippen MR) is 135 cm³/mol. The van der Waals surface area contributed by atoms with E-state index in [0.29, 0.717) is 30.3 Å². The van der Waals surface area contributed by atoms with Gasteiger partial charge in [-0.1, -0.05) is 29.3 Å². The van der Waals surface area contributed by atoms with Crippen LogP contribution < -0.4 is 14.2 Å². The highest BCUT2D eigenvalue weighted by molar-refractivity contribution is 6.46. The minimum Gasteiger partial charge on any atom is -0.507 e. The monoisotopic (exact) mass is 535 g/mol. The molecule has 192 valence electrons. The molecule has 2 unspecified atom stereocenters. The van der Waals surface area contributed by atoms with Gasteiger partial charge in [-0.25, -0.2) is 0 Å². The molecule has 0 radical (unpaired) electrons. The number of halogens is 2. The van der Waals surface area contributed by atoms with E-state index in [1.54, 1.807) is 18.2 Å². The molecule has 4 rings (SSSR count). The number of benzene rings is 2. The van der Waals surface area contributed by atoms with Crippen LogP contribution in [0, 0.1) is 0 Å². The topological polar surface area (TPSA) is 94.5 Å². The van der Waals surface area contributed by atoms with Gasteiger partial charge >= 0.3 is 0 Å². The zero-order chi connectivity index (χ0) is 26.0. The van der Waals surface area contributed by atoms with Gasteiger partial charge in [-0.3, -0.25) is 9.59 Å². The highest BCUT2D eigenvalue weighted by atomic mass is 35.5. The Morgan fingerprint density at radius 3 is 2.56 bits per heavy atom. The second-order valence-corrected chi connectivity index (χ2v) is 9.24. The quantitative estimate of drug-likeness (QED) is 0.288. The van der Waals surface area contributed by atoms with Gasteiger partial charge in [0.05, 0.1) is 49.1 Å². The van der Waals surface area contributed by atoms with Gasteiger partial charge in [0.1, 0.15) is 11.5 Å². The molecule has 1 N–H and O–H groups in total. The number of nitrogens with zero attached hydrogens (tertiary/aromatic N) is 1. The summed E-state index contributed by atoms with van der Waals surface area (Å²) in [5.74, 6) is -0.934. The van der Waals surface area contributed by atoms with E-state index >= 15 is 0 Å². The molecule has 0 spiro atoms. The van der Waals surface area contributed by atoms with E-state index in [1.165, 1.54) is 31.3 Å². The molecule has 2 aromatic rings. The summed E-state index contributed by atoms with van der Waals surface area (Å²) in [6.07, 6.45) is 1.42. The van der Waals surface area contributed by atoms with Gasteiger partial charge in [0, 0.05) is 18.2 Å². The van der Waals surface area contributed by atoms with Crippen molar-refractivity contribution in [2.45, 2.75) is 31.9 Å². The Morgan fingerprint density at radius 1 is 1.14 bits per heavy atom. The lowest BCUT2D eigenvalue weighted by molar-refractivity contribution is -0.140. The summed E-state index contributed by atoms with van der Waals surface area (Å²) in [6.45, 7) is 3.07. The van der Waals surface area contributed by atoms with E-state index in [1.807, 2.05) is 6.92 Å². The standard InChI is InChI=1S/C26H27Cl2NO7/c1-4-35-19-8-7-14(10-20(19)33-2)22-21(23(30)17-11-15(27)12-18(28)25(17)34-3)24(31)26(32)29(22)13-16-6-5-9-36-16/h7-8,10-12,16,22,30H,4-6,9,13H2,1-3H3/b23-21+. The molecule has 2 heterocycles. The number of rotatable bonds is 8. The van der Waals surface area contributed by atoms with Crippen molar-refractivity contribution in [2.75, 3.05) is 34.0 Å². The van der Waals surface area contributed by atoms with Crippen LogP contribution in [0.15, 0.2) is 35.9 Å². The van der Waals surface area contributed by atoms with E-state index in [0.717, 1.165) is 12.8 Å². The van der Waals surface area contributed by atoms with Gasteiger partial charge < -0.3 is 29.0 Å². The van der Waals surface area contributed by atoms with Crippen LogP contribution in [0.4, 0.5) is 0 Å². The van der Waals surface area contributed by atoms with Crippen molar-refractivity contribution in [3.05, 3.63) is 57.1 Å². The number of carbonyl (C=O) groups excluding carboxylic acids is 2. The van der Waals surface area contributed by atoms with Crippen molar-refractivity contribution in [3.63, 3.8) is 0 Å². The third kappa shape index (κ3) is 4.85.